The number of hydrogen-bond acceptors (Lipinski definition) is 6. The van der Waals surface area contributed by atoms with Crippen LogP contribution in [0.1, 0.15) is 30.4 Å². The highest BCUT2D eigenvalue weighted by atomic mass is 16.5. The van der Waals surface area contributed by atoms with Gasteiger partial charge >= 0.3 is 7.12 Å². The van der Waals surface area contributed by atoms with Crippen LogP contribution in [0.5, 0.6) is 5.75 Å². The van der Waals surface area contributed by atoms with E-state index >= 15 is 0 Å². The van der Waals surface area contributed by atoms with Crippen LogP contribution in [-0.2, 0) is 22.6 Å². The Balaban J connectivity index is 1.43. The molecule has 0 saturated heterocycles. The van der Waals surface area contributed by atoms with Crippen molar-refractivity contribution < 1.29 is 28.8 Å². The summed E-state index contributed by atoms with van der Waals surface area (Å²) in [5.74, 6) is -1.78. The molecule has 0 spiro atoms. The fourth-order valence-electron chi connectivity index (χ4n) is 4.06. The van der Waals surface area contributed by atoms with Gasteiger partial charge in [-0.3, -0.25) is 9.59 Å². The molecule has 0 aliphatic heterocycles. The molecule has 8 nitrogen and oxygen atoms in total. The minimum Gasteiger partial charge on any atom is -0.497 e. The topological polar surface area (TPSA) is 121 Å². The molecule has 0 radical (unpaired) electrons. The molecule has 178 valence electrons. The third-order valence-electron chi connectivity index (χ3n) is 6.19. The summed E-state index contributed by atoms with van der Waals surface area (Å²) in [7, 11) is -0.217. The first-order chi connectivity index (χ1) is 16.4. The van der Waals surface area contributed by atoms with E-state index in [1.807, 2.05) is 48.5 Å². The summed E-state index contributed by atoms with van der Waals surface area (Å²) < 4.78 is 10.7. The number of furan rings is 1. The molecule has 2 amide bonds. The number of para-hydroxylation sites is 1. The van der Waals surface area contributed by atoms with Gasteiger partial charge in [-0.05, 0) is 48.1 Å². The van der Waals surface area contributed by atoms with Gasteiger partial charge < -0.3 is 29.8 Å². The van der Waals surface area contributed by atoms with Gasteiger partial charge in [0.15, 0.2) is 0 Å². The molecule has 1 aliphatic carbocycles. The third-order valence-corrected chi connectivity index (χ3v) is 6.19. The molecule has 2 aromatic carbocycles. The van der Waals surface area contributed by atoms with Gasteiger partial charge in [0.2, 0.25) is 11.8 Å². The van der Waals surface area contributed by atoms with Crippen molar-refractivity contribution in [3.8, 4) is 5.75 Å². The van der Waals surface area contributed by atoms with Gasteiger partial charge in [-0.25, -0.2) is 0 Å². The minimum atomic E-state index is -1.79. The van der Waals surface area contributed by atoms with Crippen LogP contribution >= 0.6 is 0 Å². The first-order valence-corrected chi connectivity index (χ1v) is 11.5. The van der Waals surface area contributed by atoms with Gasteiger partial charge in [-0.2, -0.15) is 0 Å². The van der Waals surface area contributed by atoms with Gasteiger partial charge in [0.1, 0.15) is 17.3 Å². The second kappa shape index (κ2) is 10.8. The summed E-state index contributed by atoms with van der Waals surface area (Å²) in [6.45, 7) is 0.261. The van der Waals surface area contributed by atoms with E-state index in [0.29, 0.717) is 23.7 Å². The lowest BCUT2D eigenvalue weighted by Crippen LogP contribution is -2.52. The van der Waals surface area contributed by atoms with Crippen molar-refractivity contribution in [2.45, 2.75) is 38.2 Å². The van der Waals surface area contributed by atoms with Gasteiger partial charge in [-0.15, -0.1) is 0 Å². The molecule has 1 fully saturated rings. The molecule has 0 bridgehead atoms. The molecule has 34 heavy (non-hydrogen) atoms. The van der Waals surface area contributed by atoms with Crippen molar-refractivity contribution in [3.63, 3.8) is 0 Å². The van der Waals surface area contributed by atoms with Crippen molar-refractivity contribution in [2.75, 3.05) is 7.11 Å². The van der Waals surface area contributed by atoms with Crippen molar-refractivity contribution in [3.05, 3.63) is 65.9 Å². The third kappa shape index (κ3) is 5.98. The zero-order chi connectivity index (χ0) is 24.1. The average molecular weight is 464 g/mol. The first-order valence-electron chi connectivity index (χ1n) is 11.5. The average Bonchev–Trinajstić information content (AvgIpc) is 3.59. The van der Waals surface area contributed by atoms with Crippen LogP contribution in [0.4, 0.5) is 0 Å². The zero-order valence-electron chi connectivity index (χ0n) is 19.1. The maximum atomic E-state index is 13.1. The number of carbonyl (C=O) groups excluding carboxylic acids is 2. The lowest BCUT2D eigenvalue weighted by Gasteiger charge is -2.22. The Morgan fingerprint density at radius 1 is 1.15 bits per heavy atom. The molecule has 1 saturated carbocycles. The predicted octanol–water partition coefficient (Wildman–Crippen LogP) is 2.21. The number of hydrogen-bond donors (Lipinski definition) is 4. The summed E-state index contributed by atoms with van der Waals surface area (Å²) in [6, 6.07) is 14.7. The Morgan fingerprint density at radius 3 is 2.68 bits per heavy atom. The Kier molecular flexibility index (Phi) is 7.54. The molecular formula is C25H29BN2O6. The van der Waals surface area contributed by atoms with Crippen LogP contribution in [0.15, 0.2) is 59.2 Å². The number of ether oxygens (including phenoxy) is 1. The standard InChI is InChI=1S/C25H29BN2O6/c1-33-19-6-4-5-17(11-19)14-27-24(29)21(12-16-9-10-16)25(30)28-23(26(31)32)13-18-15-34-22-8-3-2-7-20(18)22/h2-8,11,15-16,21,23,31-32H,9-10,12-14H2,1H3,(H,27,29)(H,28,30)/t21?,23-/m0/s1. The highest BCUT2D eigenvalue weighted by molar-refractivity contribution is 6.43. The highest BCUT2D eigenvalue weighted by Crippen LogP contribution is 2.35. The largest absolute Gasteiger partial charge is 0.497 e. The fraction of sp³-hybridized carbons (Fsp3) is 0.360. The van der Waals surface area contributed by atoms with Crippen molar-refractivity contribution >= 4 is 29.9 Å². The SMILES string of the molecule is COc1cccc(CNC(=O)C(CC2CC2)C(=O)N[C@@H](Cc2coc3ccccc23)B(O)O)c1. The highest BCUT2D eigenvalue weighted by Gasteiger charge is 2.36. The van der Waals surface area contributed by atoms with E-state index in [9.17, 15) is 19.6 Å². The van der Waals surface area contributed by atoms with Crippen LogP contribution in [0, 0.1) is 11.8 Å². The van der Waals surface area contributed by atoms with Crippen LogP contribution in [0.3, 0.4) is 0 Å². The van der Waals surface area contributed by atoms with Crippen LogP contribution in [0.25, 0.3) is 11.0 Å². The zero-order valence-corrected chi connectivity index (χ0v) is 19.1. The van der Waals surface area contributed by atoms with Crippen molar-refractivity contribution in [1.29, 1.82) is 0 Å². The predicted molar refractivity (Wildman–Crippen MR) is 128 cm³/mol. The normalized spacial score (nSPS) is 14.9. The maximum Gasteiger partial charge on any atom is 0.475 e. The molecule has 3 aromatic rings. The van der Waals surface area contributed by atoms with Crippen molar-refractivity contribution in [1.82, 2.24) is 10.6 Å². The van der Waals surface area contributed by atoms with E-state index < -0.39 is 24.9 Å². The van der Waals surface area contributed by atoms with E-state index in [2.05, 4.69) is 10.6 Å². The summed E-state index contributed by atoms with van der Waals surface area (Å²) in [4.78, 5) is 26.1. The number of nitrogens with one attached hydrogen (secondary N) is 2. The lowest BCUT2D eigenvalue weighted by atomic mass is 9.75. The van der Waals surface area contributed by atoms with E-state index in [4.69, 9.17) is 9.15 Å². The summed E-state index contributed by atoms with van der Waals surface area (Å²) in [6.07, 6.45) is 4.11. The molecule has 2 atom stereocenters. The van der Waals surface area contributed by atoms with E-state index in [1.165, 1.54) is 0 Å². The summed E-state index contributed by atoms with van der Waals surface area (Å²) in [5.41, 5.74) is 2.28. The van der Waals surface area contributed by atoms with Gasteiger partial charge in [0.25, 0.3) is 0 Å². The van der Waals surface area contributed by atoms with Crippen molar-refractivity contribution in [2.24, 2.45) is 11.8 Å². The number of amides is 2. The van der Waals surface area contributed by atoms with Crippen LogP contribution in [0.2, 0.25) is 0 Å². The number of fused-ring (bicyclic) bond motifs is 1. The summed E-state index contributed by atoms with van der Waals surface area (Å²) >= 11 is 0. The van der Waals surface area contributed by atoms with E-state index in [0.717, 1.165) is 29.4 Å². The van der Waals surface area contributed by atoms with Gasteiger partial charge in [-0.1, -0.05) is 43.2 Å². The molecule has 1 heterocycles. The van der Waals surface area contributed by atoms with Crippen LogP contribution < -0.4 is 15.4 Å². The van der Waals surface area contributed by atoms with Gasteiger partial charge in [0.05, 0.1) is 19.3 Å². The number of methoxy groups -OCH3 is 1. The number of carbonyl (C=O) groups is 2. The number of benzene rings is 2. The van der Waals surface area contributed by atoms with E-state index in [1.54, 1.807) is 13.4 Å². The molecule has 1 aromatic heterocycles. The Morgan fingerprint density at radius 2 is 1.94 bits per heavy atom. The molecule has 4 rings (SSSR count). The Bertz CT molecular complexity index is 1140. The summed E-state index contributed by atoms with van der Waals surface area (Å²) in [5, 5.41) is 26.3. The quantitative estimate of drug-likeness (QED) is 0.255. The fourth-order valence-corrected chi connectivity index (χ4v) is 4.06. The Labute approximate surface area is 198 Å². The Hall–Kier alpha value is -3.30. The second-order valence-electron chi connectivity index (χ2n) is 8.79. The van der Waals surface area contributed by atoms with Crippen LogP contribution in [-0.4, -0.2) is 42.0 Å². The van der Waals surface area contributed by atoms with Gasteiger partial charge in [0, 0.05) is 11.9 Å². The molecule has 1 unspecified atom stereocenters. The minimum absolute atomic E-state index is 0.155. The molecular weight excluding hydrogens is 435 g/mol. The first kappa shape index (κ1) is 23.8. The number of rotatable bonds is 11. The van der Waals surface area contributed by atoms with E-state index in [-0.39, 0.29) is 18.9 Å². The molecule has 1 aliphatic rings. The second-order valence-corrected chi connectivity index (χ2v) is 8.79. The smallest absolute Gasteiger partial charge is 0.475 e. The molecule has 4 N–H and O–H groups in total. The lowest BCUT2D eigenvalue weighted by molar-refractivity contribution is -0.136. The monoisotopic (exact) mass is 464 g/mol. The maximum absolute atomic E-state index is 13.1. The molecule has 9 heteroatoms.